The summed E-state index contributed by atoms with van der Waals surface area (Å²) in [5.41, 5.74) is 3.51. The van der Waals surface area contributed by atoms with E-state index in [0.29, 0.717) is 30.3 Å². The lowest BCUT2D eigenvalue weighted by atomic mass is 10.1. The number of fused-ring (bicyclic) bond motifs is 1. The molecule has 0 unspecified atom stereocenters. The highest BCUT2D eigenvalue weighted by molar-refractivity contribution is 5.89. The average Bonchev–Trinajstić information content (AvgIpc) is 3.10. The lowest BCUT2D eigenvalue weighted by Crippen LogP contribution is -2.34. The molecule has 2 aromatic carbocycles. The van der Waals surface area contributed by atoms with Crippen LogP contribution in [-0.4, -0.2) is 48.6 Å². The first kappa shape index (κ1) is 20.6. The number of carbonyl (C=O) groups is 1. The minimum absolute atomic E-state index is 0.162. The fraction of sp³-hybridized carbons (Fsp3) is 0.304. The third-order valence-electron chi connectivity index (χ3n) is 5.30. The Balaban J connectivity index is 1.51. The molecule has 162 valence electrons. The summed E-state index contributed by atoms with van der Waals surface area (Å²) in [6, 6.07) is 15.0. The Labute approximate surface area is 181 Å². The second-order valence-corrected chi connectivity index (χ2v) is 7.25. The molecule has 1 aliphatic heterocycles. The number of aryl methyl sites for hydroxylation is 1. The van der Waals surface area contributed by atoms with Gasteiger partial charge < -0.3 is 24.4 Å². The lowest BCUT2D eigenvalue weighted by molar-refractivity contribution is 0.210. The molecule has 4 rings (SSSR count). The summed E-state index contributed by atoms with van der Waals surface area (Å²) in [6.45, 7) is 1.90. The number of amides is 2. The van der Waals surface area contributed by atoms with Crippen LogP contribution in [0.1, 0.15) is 12.1 Å². The van der Waals surface area contributed by atoms with Gasteiger partial charge in [0.25, 0.3) is 0 Å². The fourth-order valence-corrected chi connectivity index (χ4v) is 3.68. The average molecular weight is 422 g/mol. The van der Waals surface area contributed by atoms with Crippen LogP contribution in [0.5, 0.6) is 17.2 Å². The van der Waals surface area contributed by atoms with Gasteiger partial charge in [0.2, 0.25) is 0 Å². The maximum Gasteiger partial charge on any atom is 0.322 e. The number of anilines is 1. The molecule has 8 heteroatoms. The van der Waals surface area contributed by atoms with Crippen molar-refractivity contribution in [2.24, 2.45) is 0 Å². The summed E-state index contributed by atoms with van der Waals surface area (Å²) < 4.78 is 17.9. The van der Waals surface area contributed by atoms with E-state index in [-0.39, 0.29) is 6.03 Å². The number of nitrogens with one attached hydrogen (secondary N) is 1. The Hall–Kier alpha value is -3.68. The number of methoxy groups -OCH3 is 3. The van der Waals surface area contributed by atoms with Gasteiger partial charge in [-0.15, -0.1) is 0 Å². The van der Waals surface area contributed by atoms with Gasteiger partial charge in [0.15, 0.2) is 11.5 Å². The van der Waals surface area contributed by atoms with E-state index in [1.807, 2.05) is 35.0 Å². The number of hydrogen-bond acceptors (Lipinski definition) is 5. The Bertz CT molecular complexity index is 1080. The van der Waals surface area contributed by atoms with Crippen LogP contribution in [0, 0.1) is 0 Å². The minimum atomic E-state index is -0.162. The predicted octanol–water partition coefficient (Wildman–Crippen LogP) is 4.01. The minimum Gasteiger partial charge on any atom is -0.497 e. The van der Waals surface area contributed by atoms with Gasteiger partial charge in [-0.1, -0.05) is 12.1 Å². The first-order valence-electron chi connectivity index (χ1n) is 10.1. The van der Waals surface area contributed by atoms with Crippen molar-refractivity contribution in [2.75, 3.05) is 33.2 Å². The van der Waals surface area contributed by atoms with Crippen LogP contribution >= 0.6 is 0 Å². The van der Waals surface area contributed by atoms with Crippen molar-refractivity contribution in [3.05, 3.63) is 54.2 Å². The number of urea groups is 1. The molecule has 2 heterocycles. The standard InChI is InChI=1S/C23H26N4O4/c1-29-19-7-4-6-16(12-19)20-14-18-15-26(10-5-11-27(18)25-20)23(28)24-17-8-9-21(30-2)22(13-17)31-3/h4,6-9,12-14H,5,10-11,15H2,1-3H3,(H,24,28). The maximum atomic E-state index is 12.9. The molecule has 1 aromatic heterocycles. The van der Waals surface area contributed by atoms with E-state index in [9.17, 15) is 4.79 Å². The van der Waals surface area contributed by atoms with Crippen molar-refractivity contribution >= 4 is 11.7 Å². The second kappa shape index (κ2) is 8.99. The number of ether oxygens (including phenoxy) is 3. The molecule has 2 amide bonds. The summed E-state index contributed by atoms with van der Waals surface area (Å²) in [4.78, 5) is 14.7. The molecule has 0 radical (unpaired) electrons. The first-order chi connectivity index (χ1) is 15.1. The van der Waals surface area contributed by atoms with Gasteiger partial charge in [-0.05, 0) is 36.8 Å². The highest BCUT2D eigenvalue weighted by Gasteiger charge is 2.21. The van der Waals surface area contributed by atoms with E-state index >= 15 is 0 Å². The Kier molecular flexibility index (Phi) is 5.97. The molecule has 8 nitrogen and oxygen atoms in total. The van der Waals surface area contributed by atoms with Crippen molar-refractivity contribution in [1.82, 2.24) is 14.7 Å². The Morgan fingerprint density at radius 3 is 2.58 bits per heavy atom. The number of benzene rings is 2. The molecule has 0 aliphatic carbocycles. The molecule has 0 spiro atoms. The van der Waals surface area contributed by atoms with Crippen LogP contribution in [-0.2, 0) is 13.1 Å². The third kappa shape index (κ3) is 4.42. The van der Waals surface area contributed by atoms with E-state index in [4.69, 9.17) is 19.3 Å². The van der Waals surface area contributed by atoms with Crippen LogP contribution in [0.15, 0.2) is 48.5 Å². The molecule has 3 aromatic rings. The van der Waals surface area contributed by atoms with E-state index in [1.54, 1.807) is 44.4 Å². The molecule has 0 saturated carbocycles. The highest BCUT2D eigenvalue weighted by atomic mass is 16.5. The summed E-state index contributed by atoms with van der Waals surface area (Å²) in [6.07, 6.45) is 0.825. The van der Waals surface area contributed by atoms with Crippen LogP contribution in [0.4, 0.5) is 10.5 Å². The van der Waals surface area contributed by atoms with Crippen molar-refractivity contribution in [2.45, 2.75) is 19.5 Å². The second-order valence-electron chi connectivity index (χ2n) is 7.25. The van der Waals surface area contributed by atoms with Crippen LogP contribution in [0.25, 0.3) is 11.3 Å². The first-order valence-corrected chi connectivity index (χ1v) is 10.1. The van der Waals surface area contributed by atoms with Crippen LogP contribution < -0.4 is 19.5 Å². The Morgan fingerprint density at radius 1 is 0.968 bits per heavy atom. The molecule has 0 atom stereocenters. The smallest absolute Gasteiger partial charge is 0.322 e. The monoisotopic (exact) mass is 422 g/mol. The molecule has 31 heavy (non-hydrogen) atoms. The molecule has 0 saturated heterocycles. The molecular formula is C23H26N4O4. The van der Waals surface area contributed by atoms with Crippen molar-refractivity contribution < 1.29 is 19.0 Å². The van der Waals surface area contributed by atoms with Crippen LogP contribution in [0.3, 0.4) is 0 Å². The fourth-order valence-electron chi connectivity index (χ4n) is 3.68. The molecule has 1 N–H and O–H groups in total. The normalized spacial score (nSPS) is 13.2. The van der Waals surface area contributed by atoms with Gasteiger partial charge in [0, 0.05) is 30.4 Å². The number of carbonyl (C=O) groups excluding carboxylic acids is 1. The zero-order valence-electron chi connectivity index (χ0n) is 17.9. The van der Waals surface area contributed by atoms with E-state index in [2.05, 4.69) is 5.32 Å². The molecule has 0 fully saturated rings. The predicted molar refractivity (Wildman–Crippen MR) is 118 cm³/mol. The summed E-state index contributed by atoms with van der Waals surface area (Å²) in [5, 5.41) is 7.70. The third-order valence-corrected chi connectivity index (χ3v) is 5.30. The largest absolute Gasteiger partial charge is 0.497 e. The number of hydrogen-bond donors (Lipinski definition) is 1. The topological polar surface area (TPSA) is 77.9 Å². The van der Waals surface area contributed by atoms with Gasteiger partial charge >= 0.3 is 6.03 Å². The maximum absolute atomic E-state index is 12.9. The van der Waals surface area contributed by atoms with Gasteiger partial charge in [0.05, 0.1) is 39.3 Å². The summed E-state index contributed by atoms with van der Waals surface area (Å²) in [7, 11) is 4.80. The zero-order valence-corrected chi connectivity index (χ0v) is 17.9. The number of nitrogens with zero attached hydrogens (tertiary/aromatic N) is 3. The number of rotatable bonds is 5. The zero-order chi connectivity index (χ0) is 21.8. The van der Waals surface area contributed by atoms with E-state index in [0.717, 1.165) is 35.7 Å². The quantitative estimate of drug-likeness (QED) is 0.672. The van der Waals surface area contributed by atoms with Gasteiger partial charge in [0.1, 0.15) is 5.75 Å². The van der Waals surface area contributed by atoms with Gasteiger partial charge in [-0.25, -0.2) is 4.79 Å². The molecule has 0 bridgehead atoms. The van der Waals surface area contributed by atoms with Crippen molar-refractivity contribution in [3.8, 4) is 28.5 Å². The van der Waals surface area contributed by atoms with Gasteiger partial charge in [-0.3, -0.25) is 4.68 Å². The summed E-state index contributed by atoms with van der Waals surface area (Å²) >= 11 is 0. The Morgan fingerprint density at radius 2 is 1.81 bits per heavy atom. The van der Waals surface area contributed by atoms with Crippen molar-refractivity contribution in [3.63, 3.8) is 0 Å². The SMILES string of the molecule is COc1cccc(-c2cc3n(n2)CCCN(C(=O)Nc2ccc(OC)c(OC)c2)C3)c1. The number of aromatic nitrogens is 2. The molecular weight excluding hydrogens is 396 g/mol. The van der Waals surface area contributed by atoms with Gasteiger partial charge in [-0.2, -0.15) is 5.10 Å². The summed E-state index contributed by atoms with van der Waals surface area (Å²) in [5.74, 6) is 1.97. The van der Waals surface area contributed by atoms with Crippen molar-refractivity contribution in [1.29, 1.82) is 0 Å². The highest BCUT2D eigenvalue weighted by Crippen LogP contribution is 2.30. The molecule has 1 aliphatic rings. The van der Waals surface area contributed by atoms with E-state index in [1.165, 1.54) is 0 Å². The van der Waals surface area contributed by atoms with Crippen LogP contribution in [0.2, 0.25) is 0 Å². The lowest BCUT2D eigenvalue weighted by Gasteiger charge is -2.21. The van der Waals surface area contributed by atoms with E-state index < -0.39 is 0 Å².